The standard InChI is InChI=1S/C20H20N2O2/c21-15-17(20(23)22-12-6-1-2-7-13-22)14-18-10-11-19(24-18)16-8-4-3-5-9-16/h3-5,8-11,14H,1-2,6-7,12-13H2/b17-14+. The highest BCUT2D eigenvalue weighted by Crippen LogP contribution is 2.23. The summed E-state index contributed by atoms with van der Waals surface area (Å²) >= 11 is 0. The largest absolute Gasteiger partial charge is 0.457 e. The van der Waals surface area contributed by atoms with Gasteiger partial charge in [0.05, 0.1) is 0 Å². The number of hydrogen-bond donors (Lipinski definition) is 0. The quantitative estimate of drug-likeness (QED) is 0.627. The van der Waals surface area contributed by atoms with E-state index < -0.39 is 0 Å². The smallest absolute Gasteiger partial charge is 0.264 e. The van der Waals surface area contributed by atoms with Gasteiger partial charge in [-0.15, -0.1) is 0 Å². The molecule has 0 radical (unpaired) electrons. The summed E-state index contributed by atoms with van der Waals surface area (Å²) in [5.74, 6) is 1.05. The first-order valence-corrected chi connectivity index (χ1v) is 8.34. The molecule has 1 aliphatic heterocycles. The van der Waals surface area contributed by atoms with Crippen LogP contribution >= 0.6 is 0 Å². The molecule has 1 aromatic heterocycles. The second-order valence-electron chi connectivity index (χ2n) is 5.94. The predicted octanol–water partition coefficient (Wildman–Crippen LogP) is 4.26. The number of likely N-dealkylation sites (tertiary alicyclic amines) is 1. The van der Waals surface area contributed by atoms with Crippen molar-refractivity contribution in [2.24, 2.45) is 0 Å². The molecule has 1 amide bonds. The first-order valence-electron chi connectivity index (χ1n) is 8.34. The molecule has 1 aromatic carbocycles. The van der Waals surface area contributed by atoms with Crippen LogP contribution in [0.15, 0.2) is 52.5 Å². The molecule has 0 unspecified atom stereocenters. The SMILES string of the molecule is N#C/C(=C\c1ccc(-c2ccccc2)o1)C(=O)N1CCCCCC1. The average Bonchev–Trinajstić information content (AvgIpc) is 2.92. The number of carbonyl (C=O) groups excluding carboxylic acids is 1. The van der Waals surface area contributed by atoms with Crippen molar-refractivity contribution in [1.82, 2.24) is 4.90 Å². The van der Waals surface area contributed by atoms with Crippen LogP contribution in [-0.4, -0.2) is 23.9 Å². The highest BCUT2D eigenvalue weighted by atomic mass is 16.3. The molecule has 0 N–H and O–H groups in total. The summed E-state index contributed by atoms with van der Waals surface area (Å²) in [6.45, 7) is 1.45. The van der Waals surface area contributed by atoms with Gasteiger partial charge in [-0.2, -0.15) is 5.26 Å². The number of hydrogen-bond acceptors (Lipinski definition) is 3. The lowest BCUT2D eigenvalue weighted by Gasteiger charge is -2.19. The number of rotatable bonds is 3. The van der Waals surface area contributed by atoms with Crippen molar-refractivity contribution in [3.8, 4) is 17.4 Å². The molecule has 0 atom stereocenters. The molecule has 1 fully saturated rings. The van der Waals surface area contributed by atoms with Crippen molar-refractivity contribution in [3.63, 3.8) is 0 Å². The van der Waals surface area contributed by atoms with E-state index >= 15 is 0 Å². The first-order chi connectivity index (χ1) is 11.8. The molecule has 0 saturated carbocycles. The van der Waals surface area contributed by atoms with Gasteiger partial charge in [-0.05, 0) is 25.0 Å². The highest BCUT2D eigenvalue weighted by molar-refractivity contribution is 6.01. The number of furan rings is 1. The lowest BCUT2D eigenvalue weighted by atomic mass is 10.2. The van der Waals surface area contributed by atoms with Crippen molar-refractivity contribution in [2.75, 3.05) is 13.1 Å². The molecule has 2 aromatic rings. The Bertz CT molecular complexity index is 760. The van der Waals surface area contributed by atoms with Gasteiger partial charge in [0.25, 0.3) is 5.91 Å². The normalized spacial score (nSPS) is 15.6. The van der Waals surface area contributed by atoms with Crippen molar-refractivity contribution in [3.05, 3.63) is 53.8 Å². The predicted molar refractivity (Wildman–Crippen MR) is 92.8 cm³/mol. The lowest BCUT2D eigenvalue weighted by Crippen LogP contribution is -2.32. The minimum Gasteiger partial charge on any atom is -0.457 e. The van der Waals surface area contributed by atoms with E-state index in [0.717, 1.165) is 50.1 Å². The first kappa shape index (κ1) is 16.1. The molecule has 122 valence electrons. The maximum atomic E-state index is 12.6. The third kappa shape index (κ3) is 3.75. The maximum absolute atomic E-state index is 12.6. The second-order valence-corrected chi connectivity index (χ2v) is 5.94. The molecule has 3 rings (SSSR count). The Morgan fingerprint density at radius 2 is 1.75 bits per heavy atom. The van der Waals surface area contributed by atoms with Crippen LogP contribution in [-0.2, 0) is 4.79 Å². The van der Waals surface area contributed by atoms with Crippen molar-refractivity contribution >= 4 is 12.0 Å². The molecular formula is C20H20N2O2. The summed E-state index contributed by atoms with van der Waals surface area (Å²) in [6.07, 6.45) is 5.84. The van der Waals surface area contributed by atoms with E-state index in [1.807, 2.05) is 42.5 Å². The number of carbonyl (C=O) groups is 1. The van der Waals surface area contributed by atoms with E-state index in [2.05, 4.69) is 0 Å². The summed E-state index contributed by atoms with van der Waals surface area (Å²) in [7, 11) is 0. The van der Waals surface area contributed by atoms with Gasteiger partial charge < -0.3 is 9.32 Å². The van der Waals surface area contributed by atoms with E-state index in [4.69, 9.17) is 4.42 Å². The Labute approximate surface area is 142 Å². The van der Waals surface area contributed by atoms with Crippen LogP contribution in [0, 0.1) is 11.3 Å². The zero-order chi connectivity index (χ0) is 16.8. The van der Waals surface area contributed by atoms with Gasteiger partial charge in [-0.25, -0.2) is 0 Å². The van der Waals surface area contributed by atoms with E-state index in [-0.39, 0.29) is 11.5 Å². The molecule has 1 aliphatic rings. The summed E-state index contributed by atoms with van der Waals surface area (Å²) in [6, 6.07) is 15.4. The summed E-state index contributed by atoms with van der Waals surface area (Å²) in [4.78, 5) is 14.3. The minimum absolute atomic E-state index is 0.130. The Morgan fingerprint density at radius 1 is 1.04 bits per heavy atom. The molecule has 1 saturated heterocycles. The van der Waals surface area contributed by atoms with Crippen LogP contribution in [0.4, 0.5) is 0 Å². The van der Waals surface area contributed by atoms with Crippen LogP contribution in [0.25, 0.3) is 17.4 Å². The maximum Gasteiger partial charge on any atom is 0.264 e. The molecule has 0 aliphatic carbocycles. The van der Waals surface area contributed by atoms with E-state index in [0.29, 0.717) is 5.76 Å². The highest BCUT2D eigenvalue weighted by Gasteiger charge is 2.20. The zero-order valence-electron chi connectivity index (χ0n) is 13.6. The van der Waals surface area contributed by atoms with Gasteiger partial charge >= 0.3 is 0 Å². The fourth-order valence-corrected chi connectivity index (χ4v) is 2.92. The van der Waals surface area contributed by atoms with Gasteiger partial charge in [0.1, 0.15) is 23.2 Å². The van der Waals surface area contributed by atoms with Crippen molar-refractivity contribution in [1.29, 1.82) is 5.26 Å². The van der Waals surface area contributed by atoms with Gasteiger partial charge in [0, 0.05) is 24.7 Å². The fraction of sp³-hybridized carbons (Fsp3) is 0.300. The van der Waals surface area contributed by atoms with Crippen LogP contribution in [0.5, 0.6) is 0 Å². The number of nitrogens with zero attached hydrogens (tertiary/aromatic N) is 2. The summed E-state index contributed by atoms with van der Waals surface area (Å²) < 4.78 is 5.77. The Balaban J connectivity index is 1.79. The number of benzene rings is 1. The van der Waals surface area contributed by atoms with E-state index in [9.17, 15) is 10.1 Å². The molecule has 0 bridgehead atoms. The molecule has 4 nitrogen and oxygen atoms in total. The van der Waals surface area contributed by atoms with E-state index in [1.165, 1.54) is 0 Å². The van der Waals surface area contributed by atoms with Crippen molar-refractivity contribution < 1.29 is 9.21 Å². The molecule has 0 spiro atoms. The van der Waals surface area contributed by atoms with Crippen LogP contribution in [0.3, 0.4) is 0 Å². The van der Waals surface area contributed by atoms with Crippen LogP contribution < -0.4 is 0 Å². The lowest BCUT2D eigenvalue weighted by molar-refractivity contribution is -0.126. The average molecular weight is 320 g/mol. The second kappa shape index (κ2) is 7.65. The topological polar surface area (TPSA) is 57.2 Å². The van der Waals surface area contributed by atoms with Gasteiger partial charge in [0.15, 0.2) is 0 Å². The van der Waals surface area contributed by atoms with E-state index in [1.54, 1.807) is 17.0 Å². The molecular weight excluding hydrogens is 300 g/mol. The fourth-order valence-electron chi connectivity index (χ4n) is 2.92. The molecule has 2 heterocycles. The van der Waals surface area contributed by atoms with Crippen molar-refractivity contribution in [2.45, 2.75) is 25.7 Å². The van der Waals surface area contributed by atoms with Gasteiger partial charge in [0.2, 0.25) is 0 Å². The molecule has 4 heteroatoms. The van der Waals surface area contributed by atoms with Gasteiger partial charge in [-0.1, -0.05) is 43.2 Å². The monoisotopic (exact) mass is 320 g/mol. The van der Waals surface area contributed by atoms with Gasteiger partial charge in [-0.3, -0.25) is 4.79 Å². The van der Waals surface area contributed by atoms with Crippen LogP contribution in [0.2, 0.25) is 0 Å². The minimum atomic E-state index is -0.197. The third-order valence-electron chi connectivity index (χ3n) is 4.22. The number of nitriles is 1. The summed E-state index contributed by atoms with van der Waals surface area (Å²) in [5.41, 5.74) is 1.10. The number of amides is 1. The zero-order valence-corrected chi connectivity index (χ0v) is 13.6. The third-order valence-corrected chi connectivity index (χ3v) is 4.22. The Hall–Kier alpha value is -2.80. The van der Waals surface area contributed by atoms with Crippen LogP contribution in [0.1, 0.15) is 31.4 Å². The Kier molecular flexibility index (Phi) is 5.12. The molecule has 24 heavy (non-hydrogen) atoms. The summed E-state index contributed by atoms with van der Waals surface area (Å²) in [5, 5.41) is 9.38. The Morgan fingerprint density at radius 3 is 2.42 bits per heavy atom.